The Morgan fingerprint density at radius 1 is 0.793 bits per heavy atom. The Morgan fingerprint density at radius 3 is 1.48 bits per heavy atom. The molecule has 0 atom stereocenters. The number of hydrogen-bond donors (Lipinski definition) is 2. The van der Waals surface area contributed by atoms with E-state index in [1.807, 2.05) is 0 Å². The van der Waals surface area contributed by atoms with Crippen molar-refractivity contribution in [2.45, 2.75) is 26.9 Å². The summed E-state index contributed by atoms with van der Waals surface area (Å²) in [6.45, 7) is 6.06. The molecule has 0 aliphatic heterocycles. The maximum absolute atomic E-state index is 8.74. The van der Waals surface area contributed by atoms with Gasteiger partial charge >= 0.3 is 10.4 Å². The molecule has 0 aliphatic rings. The average Bonchev–Trinajstić information content (AvgIpc) is 3.21. The lowest BCUT2D eigenvalue weighted by atomic mass is 10.3. The zero-order valence-electron chi connectivity index (χ0n) is 15.8. The van der Waals surface area contributed by atoms with Gasteiger partial charge in [-0.05, 0) is 38.1 Å². The lowest BCUT2D eigenvalue weighted by molar-refractivity contribution is 0.381. The van der Waals surface area contributed by atoms with E-state index in [2.05, 4.69) is 81.7 Å². The Labute approximate surface area is 175 Å². The van der Waals surface area contributed by atoms with Gasteiger partial charge in [-0.15, -0.1) is 10.2 Å². The molecular formula is C18H20N4O4S3. The van der Waals surface area contributed by atoms with Gasteiger partial charge in [0.15, 0.2) is 0 Å². The Balaban J connectivity index is 0.000000431. The number of aryl methyl sites for hydroxylation is 2. The molecule has 0 fully saturated rings. The Kier molecular flexibility index (Phi) is 6.65. The first-order valence-corrected chi connectivity index (χ1v) is 11.8. The maximum atomic E-state index is 8.74. The topological polar surface area (TPSA) is 109 Å². The van der Waals surface area contributed by atoms with Gasteiger partial charge in [-0.2, -0.15) is 8.42 Å². The molecule has 2 aromatic heterocycles. The molecule has 0 spiro atoms. The number of benzene rings is 2. The van der Waals surface area contributed by atoms with Crippen LogP contribution in [0.1, 0.15) is 13.8 Å². The van der Waals surface area contributed by atoms with Gasteiger partial charge in [0.1, 0.15) is 0 Å². The monoisotopic (exact) mass is 452 g/mol. The fourth-order valence-corrected chi connectivity index (χ4v) is 4.98. The third-order valence-electron chi connectivity index (χ3n) is 4.03. The standard InChI is InChI=1S/C18H18N4S2.H2O4S/c1-3-21-13-9-5-7-11-15(13)23-17(21)19-20-18-22(4-2)14-10-6-8-12-16(14)24-18;1-5(2,3)4/h5-12H,3-4H2,1-2H3;(H2,1,2,3,4). The van der Waals surface area contributed by atoms with E-state index in [0.29, 0.717) is 0 Å². The van der Waals surface area contributed by atoms with Gasteiger partial charge in [-0.3, -0.25) is 9.11 Å². The van der Waals surface area contributed by atoms with Crippen LogP contribution in [0.4, 0.5) is 0 Å². The van der Waals surface area contributed by atoms with Gasteiger partial charge in [-0.1, -0.05) is 46.9 Å². The van der Waals surface area contributed by atoms with E-state index in [9.17, 15) is 0 Å². The van der Waals surface area contributed by atoms with Crippen LogP contribution in [0.25, 0.3) is 20.4 Å². The quantitative estimate of drug-likeness (QED) is 0.366. The van der Waals surface area contributed by atoms with E-state index in [4.69, 9.17) is 17.5 Å². The van der Waals surface area contributed by atoms with Crippen molar-refractivity contribution in [3.8, 4) is 0 Å². The van der Waals surface area contributed by atoms with Crippen molar-refractivity contribution in [3.05, 3.63) is 58.1 Å². The van der Waals surface area contributed by atoms with E-state index < -0.39 is 10.4 Å². The predicted octanol–water partition coefficient (Wildman–Crippen LogP) is 3.52. The molecule has 4 rings (SSSR count). The number of thiazole rings is 2. The van der Waals surface area contributed by atoms with Crippen LogP contribution in [0, 0.1) is 0 Å². The number of hydrogen-bond acceptors (Lipinski definition) is 6. The zero-order chi connectivity index (χ0) is 21.0. The molecule has 154 valence electrons. The summed E-state index contributed by atoms with van der Waals surface area (Å²) >= 11 is 3.37. The highest BCUT2D eigenvalue weighted by molar-refractivity contribution is 7.79. The first kappa shape index (κ1) is 21.4. The van der Waals surface area contributed by atoms with Gasteiger partial charge in [0.25, 0.3) is 0 Å². The number of aromatic nitrogens is 2. The summed E-state index contributed by atoms with van der Waals surface area (Å²) in [6, 6.07) is 16.8. The van der Waals surface area contributed by atoms with Gasteiger partial charge in [0.2, 0.25) is 9.60 Å². The maximum Gasteiger partial charge on any atom is 0.394 e. The van der Waals surface area contributed by atoms with Crippen LogP contribution in [-0.4, -0.2) is 26.7 Å². The van der Waals surface area contributed by atoms with Crippen molar-refractivity contribution in [2.75, 3.05) is 0 Å². The van der Waals surface area contributed by atoms with Crippen molar-refractivity contribution in [1.82, 2.24) is 9.13 Å². The van der Waals surface area contributed by atoms with Crippen molar-refractivity contribution >= 4 is 53.5 Å². The highest BCUT2D eigenvalue weighted by atomic mass is 32.3. The van der Waals surface area contributed by atoms with Crippen LogP contribution in [0.2, 0.25) is 0 Å². The molecule has 0 unspecified atom stereocenters. The van der Waals surface area contributed by atoms with Crippen LogP contribution < -0.4 is 9.60 Å². The second-order valence-electron chi connectivity index (χ2n) is 5.84. The molecule has 2 N–H and O–H groups in total. The highest BCUT2D eigenvalue weighted by Gasteiger charge is 2.05. The molecule has 11 heteroatoms. The second-order valence-corrected chi connectivity index (χ2v) is 8.75. The largest absolute Gasteiger partial charge is 0.394 e. The van der Waals surface area contributed by atoms with Crippen molar-refractivity contribution in [3.63, 3.8) is 0 Å². The Morgan fingerprint density at radius 2 is 1.14 bits per heavy atom. The van der Waals surface area contributed by atoms with Crippen molar-refractivity contribution in [1.29, 1.82) is 0 Å². The van der Waals surface area contributed by atoms with Crippen LogP contribution in [-0.2, 0) is 23.5 Å². The molecule has 0 bridgehead atoms. The number of fused-ring (bicyclic) bond motifs is 2. The molecule has 0 saturated carbocycles. The van der Waals surface area contributed by atoms with E-state index in [1.165, 1.54) is 20.4 Å². The van der Waals surface area contributed by atoms with E-state index in [1.54, 1.807) is 22.7 Å². The third kappa shape index (κ3) is 5.19. The molecule has 0 amide bonds. The lowest BCUT2D eigenvalue weighted by Crippen LogP contribution is -2.16. The van der Waals surface area contributed by atoms with Crippen molar-refractivity contribution in [2.24, 2.45) is 10.2 Å². The molecular weight excluding hydrogens is 432 g/mol. The van der Waals surface area contributed by atoms with Crippen molar-refractivity contribution < 1.29 is 17.5 Å². The van der Waals surface area contributed by atoms with E-state index >= 15 is 0 Å². The zero-order valence-corrected chi connectivity index (χ0v) is 18.2. The fourth-order valence-electron chi connectivity index (χ4n) is 2.89. The SMILES string of the molecule is CCn1c(=NN=c2sc3ccccc3n2CC)sc2ccccc21.O=S(=O)(O)O. The van der Waals surface area contributed by atoms with E-state index in [0.717, 1.165) is 22.7 Å². The van der Waals surface area contributed by atoms with Crippen LogP contribution in [0.15, 0.2) is 58.7 Å². The summed E-state index contributed by atoms with van der Waals surface area (Å²) in [5.74, 6) is 0. The number of nitrogens with zero attached hydrogens (tertiary/aromatic N) is 4. The van der Waals surface area contributed by atoms with Gasteiger partial charge in [0, 0.05) is 13.1 Å². The third-order valence-corrected chi connectivity index (χ3v) is 6.13. The average molecular weight is 453 g/mol. The minimum absolute atomic E-state index is 0.887. The summed E-state index contributed by atoms with van der Waals surface area (Å²) in [5, 5.41) is 9.17. The molecule has 8 nitrogen and oxygen atoms in total. The van der Waals surface area contributed by atoms with Crippen LogP contribution >= 0.6 is 22.7 Å². The van der Waals surface area contributed by atoms with Gasteiger partial charge in [0.05, 0.1) is 20.4 Å². The molecule has 4 aromatic rings. The number of rotatable bonds is 3. The molecule has 0 radical (unpaired) electrons. The molecule has 0 saturated heterocycles. The Hall–Kier alpha value is -2.31. The molecule has 2 aromatic carbocycles. The lowest BCUT2D eigenvalue weighted by Gasteiger charge is -1.99. The summed E-state index contributed by atoms with van der Waals surface area (Å²) in [4.78, 5) is 1.89. The summed E-state index contributed by atoms with van der Waals surface area (Å²) < 4.78 is 38.5. The molecule has 2 heterocycles. The minimum atomic E-state index is -4.67. The first-order valence-electron chi connectivity index (χ1n) is 8.76. The van der Waals surface area contributed by atoms with Crippen LogP contribution in [0.3, 0.4) is 0 Å². The van der Waals surface area contributed by atoms with Gasteiger partial charge in [-0.25, -0.2) is 0 Å². The fraction of sp³-hybridized carbons (Fsp3) is 0.222. The van der Waals surface area contributed by atoms with Crippen LogP contribution in [0.5, 0.6) is 0 Å². The summed E-state index contributed by atoms with van der Waals surface area (Å²) in [5.41, 5.74) is 2.44. The van der Waals surface area contributed by atoms with Gasteiger partial charge < -0.3 is 9.13 Å². The number of para-hydroxylation sites is 2. The summed E-state index contributed by atoms with van der Waals surface area (Å²) in [6.07, 6.45) is 0. The minimum Gasteiger partial charge on any atom is -0.315 e. The molecule has 0 aliphatic carbocycles. The second kappa shape index (κ2) is 9.01. The predicted molar refractivity (Wildman–Crippen MR) is 116 cm³/mol. The first-order chi connectivity index (χ1) is 13.8. The smallest absolute Gasteiger partial charge is 0.315 e. The summed E-state index contributed by atoms with van der Waals surface area (Å²) in [7, 11) is -4.67. The Bertz CT molecular complexity index is 1280. The highest BCUT2D eigenvalue weighted by Crippen LogP contribution is 2.17. The molecule has 29 heavy (non-hydrogen) atoms. The normalized spacial score (nSPS) is 13.1. The van der Waals surface area contributed by atoms with E-state index in [-0.39, 0.29) is 0 Å².